The van der Waals surface area contributed by atoms with Crippen molar-refractivity contribution in [2.45, 2.75) is 38.5 Å². The van der Waals surface area contributed by atoms with Crippen molar-refractivity contribution in [3.8, 4) is 0 Å². The maximum atomic E-state index is 11.7. The Balaban J connectivity index is 2.19. The third-order valence-electron chi connectivity index (χ3n) is 3.64. The molecular weight excluding hydrogens is 339 g/mol. The van der Waals surface area contributed by atoms with Crippen molar-refractivity contribution in [3.63, 3.8) is 0 Å². The zero-order valence-electron chi connectivity index (χ0n) is 11.2. The van der Waals surface area contributed by atoms with Crippen LogP contribution in [0.15, 0.2) is 0 Å². The van der Waals surface area contributed by atoms with Crippen molar-refractivity contribution >= 4 is 26.4 Å². The maximum Gasteiger partial charge on any atom is 0.238 e. The van der Waals surface area contributed by atoms with Crippen molar-refractivity contribution in [2.75, 3.05) is 20.6 Å². The normalized spacial score (nSPS) is 14.9. The summed E-state index contributed by atoms with van der Waals surface area (Å²) >= 11 is 1.90. The molecule has 0 aliphatic heterocycles. The lowest BCUT2D eigenvalue weighted by molar-refractivity contribution is 0.110. The number of aromatic nitrogens is 1. The van der Waals surface area contributed by atoms with E-state index in [0.717, 1.165) is 37.9 Å². The fourth-order valence-corrected chi connectivity index (χ4v) is 3.23. The number of rotatable bonds is 5. The lowest BCUT2D eigenvalue weighted by Crippen LogP contribution is -2.14. The summed E-state index contributed by atoms with van der Waals surface area (Å²) in [6.45, 7) is 1.08. The first-order valence-corrected chi connectivity index (χ1v) is 7.74. The standard InChI is InChI=1S/C14H21IN2O/c1-17(2)9-5-7-11-10-6-3-4-8-12(10)16-13(11)14(15)18/h16H,3-9H2,1-2H3. The number of H-pyrrole nitrogens is 1. The number of hydrogen-bond acceptors (Lipinski definition) is 2. The van der Waals surface area contributed by atoms with Gasteiger partial charge in [0.05, 0.1) is 5.69 Å². The highest BCUT2D eigenvalue weighted by atomic mass is 127. The van der Waals surface area contributed by atoms with E-state index in [1.165, 1.54) is 29.7 Å². The lowest BCUT2D eigenvalue weighted by atomic mass is 9.92. The van der Waals surface area contributed by atoms with E-state index >= 15 is 0 Å². The highest BCUT2D eigenvalue weighted by Gasteiger charge is 2.22. The van der Waals surface area contributed by atoms with Gasteiger partial charge in [0.15, 0.2) is 0 Å². The van der Waals surface area contributed by atoms with Crippen molar-refractivity contribution in [3.05, 3.63) is 22.5 Å². The lowest BCUT2D eigenvalue weighted by Gasteiger charge is -2.13. The van der Waals surface area contributed by atoms with Gasteiger partial charge in [0, 0.05) is 28.3 Å². The molecule has 0 amide bonds. The summed E-state index contributed by atoms with van der Waals surface area (Å²) in [5, 5.41) is 0. The van der Waals surface area contributed by atoms with Gasteiger partial charge in [-0.1, -0.05) is 0 Å². The van der Waals surface area contributed by atoms with Crippen molar-refractivity contribution < 1.29 is 4.79 Å². The summed E-state index contributed by atoms with van der Waals surface area (Å²) in [4.78, 5) is 17.3. The second-order valence-electron chi connectivity index (χ2n) is 5.32. The minimum absolute atomic E-state index is 0.154. The summed E-state index contributed by atoms with van der Waals surface area (Å²) in [5.41, 5.74) is 4.92. The highest BCUT2D eigenvalue weighted by Crippen LogP contribution is 2.29. The molecule has 0 saturated heterocycles. The van der Waals surface area contributed by atoms with Crippen LogP contribution in [0.2, 0.25) is 0 Å². The van der Waals surface area contributed by atoms with Gasteiger partial charge < -0.3 is 9.88 Å². The van der Waals surface area contributed by atoms with Crippen molar-refractivity contribution in [1.82, 2.24) is 9.88 Å². The molecule has 0 bridgehead atoms. The largest absolute Gasteiger partial charge is 0.355 e. The Morgan fingerprint density at radius 2 is 2.06 bits per heavy atom. The minimum atomic E-state index is 0.154. The molecule has 0 aromatic carbocycles. The fourth-order valence-electron chi connectivity index (χ4n) is 2.77. The van der Waals surface area contributed by atoms with E-state index in [1.54, 1.807) is 0 Å². The molecule has 3 nitrogen and oxygen atoms in total. The van der Waals surface area contributed by atoms with Crippen LogP contribution in [-0.4, -0.2) is 34.3 Å². The van der Waals surface area contributed by atoms with Crippen molar-refractivity contribution in [1.29, 1.82) is 0 Å². The van der Waals surface area contributed by atoms with E-state index in [2.05, 4.69) is 24.0 Å². The number of carbonyl (C=O) groups is 1. The number of fused-ring (bicyclic) bond motifs is 1. The van der Waals surface area contributed by atoms with E-state index < -0.39 is 0 Å². The molecule has 18 heavy (non-hydrogen) atoms. The molecule has 0 fully saturated rings. The molecule has 1 aromatic heterocycles. The molecule has 1 N–H and O–H groups in total. The monoisotopic (exact) mass is 360 g/mol. The van der Waals surface area contributed by atoms with Crippen LogP contribution < -0.4 is 0 Å². The van der Waals surface area contributed by atoms with E-state index in [4.69, 9.17) is 0 Å². The smallest absolute Gasteiger partial charge is 0.238 e. The fraction of sp³-hybridized carbons (Fsp3) is 0.643. The van der Waals surface area contributed by atoms with Gasteiger partial charge in [-0.25, -0.2) is 0 Å². The zero-order chi connectivity index (χ0) is 13.1. The van der Waals surface area contributed by atoms with Crippen LogP contribution >= 0.6 is 22.6 Å². The average molecular weight is 360 g/mol. The summed E-state index contributed by atoms with van der Waals surface area (Å²) in [6.07, 6.45) is 6.91. The zero-order valence-corrected chi connectivity index (χ0v) is 13.3. The second kappa shape index (κ2) is 6.19. The second-order valence-corrected chi connectivity index (χ2v) is 6.30. The molecule has 1 aliphatic rings. The first kappa shape index (κ1) is 14.1. The summed E-state index contributed by atoms with van der Waals surface area (Å²) in [7, 11) is 4.19. The van der Waals surface area contributed by atoms with Crippen LogP contribution in [0.4, 0.5) is 0 Å². The van der Waals surface area contributed by atoms with Crippen LogP contribution in [0.3, 0.4) is 0 Å². The average Bonchev–Trinajstić information content (AvgIpc) is 2.68. The predicted molar refractivity (Wildman–Crippen MR) is 82.7 cm³/mol. The van der Waals surface area contributed by atoms with Crippen LogP contribution in [-0.2, 0) is 19.3 Å². The number of carbonyl (C=O) groups excluding carboxylic acids is 1. The molecule has 1 heterocycles. The Morgan fingerprint density at radius 1 is 1.33 bits per heavy atom. The van der Waals surface area contributed by atoms with Crippen molar-refractivity contribution in [2.24, 2.45) is 0 Å². The topological polar surface area (TPSA) is 36.1 Å². The van der Waals surface area contributed by atoms with E-state index in [9.17, 15) is 4.79 Å². The first-order valence-electron chi connectivity index (χ1n) is 6.66. The van der Waals surface area contributed by atoms with Gasteiger partial charge in [0.1, 0.15) is 0 Å². The summed E-state index contributed by atoms with van der Waals surface area (Å²) in [5.74, 6) is 0. The van der Waals surface area contributed by atoms with Gasteiger partial charge in [-0.05, 0) is 70.3 Å². The van der Waals surface area contributed by atoms with E-state index in [0.29, 0.717) is 0 Å². The van der Waals surface area contributed by atoms with Crippen LogP contribution in [0, 0.1) is 0 Å². The Bertz CT molecular complexity index is 437. The molecule has 100 valence electrons. The number of nitrogens with zero attached hydrogens (tertiary/aromatic N) is 1. The summed E-state index contributed by atoms with van der Waals surface area (Å²) < 4.78 is 0.154. The van der Waals surface area contributed by atoms with Crippen LogP contribution in [0.25, 0.3) is 0 Å². The SMILES string of the molecule is CN(C)CCCc1c(C(=O)I)[nH]c2c1CCCC2. The number of aromatic amines is 1. The van der Waals surface area contributed by atoms with E-state index in [1.807, 2.05) is 22.6 Å². The number of nitrogens with one attached hydrogen (secondary N) is 1. The molecule has 1 aliphatic carbocycles. The molecule has 0 atom stereocenters. The Kier molecular flexibility index (Phi) is 4.84. The summed E-state index contributed by atoms with van der Waals surface area (Å²) in [6, 6.07) is 0. The van der Waals surface area contributed by atoms with E-state index in [-0.39, 0.29) is 3.79 Å². The Hall–Kier alpha value is -0.360. The molecule has 1 aromatic rings. The quantitative estimate of drug-likeness (QED) is 0.648. The van der Waals surface area contributed by atoms with Gasteiger partial charge in [-0.15, -0.1) is 0 Å². The predicted octanol–water partition coefficient (Wildman–Crippen LogP) is 2.96. The Labute approximate surface area is 122 Å². The number of aryl methyl sites for hydroxylation is 1. The van der Waals surface area contributed by atoms with Crippen LogP contribution in [0.1, 0.15) is 46.6 Å². The van der Waals surface area contributed by atoms with Gasteiger partial charge in [-0.2, -0.15) is 0 Å². The molecule has 2 rings (SSSR count). The molecule has 0 spiro atoms. The number of hydrogen-bond donors (Lipinski definition) is 1. The van der Waals surface area contributed by atoms with Gasteiger partial charge in [0.2, 0.25) is 3.79 Å². The first-order chi connectivity index (χ1) is 8.59. The molecule has 0 unspecified atom stereocenters. The molecule has 0 radical (unpaired) electrons. The molecule has 0 saturated carbocycles. The molecular formula is C14H21IN2O. The Morgan fingerprint density at radius 3 is 2.72 bits per heavy atom. The van der Waals surface area contributed by atoms with Crippen LogP contribution in [0.5, 0.6) is 0 Å². The third-order valence-corrected chi connectivity index (χ3v) is 4.18. The van der Waals surface area contributed by atoms with Gasteiger partial charge in [0.25, 0.3) is 0 Å². The minimum Gasteiger partial charge on any atom is -0.355 e. The number of halogens is 1. The third kappa shape index (κ3) is 3.15. The maximum absolute atomic E-state index is 11.7. The van der Waals surface area contributed by atoms with Gasteiger partial charge >= 0.3 is 0 Å². The van der Waals surface area contributed by atoms with Gasteiger partial charge in [-0.3, -0.25) is 4.79 Å². The molecule has 4 heteroatoms. The highest BCUT2D eigenvalue weighted by molar-refractivity contribution is 14.1.